The molecule has 1 aliphatic carbocycles. The number of H-pyrrole nitrogens is 1. The van der Waals surface area contributed by atoms with Crippen molar-refractivity contribution >= 4 is 24.1 Å². The van der Waals surface area contributed by atoms with Crippen molar-refractivity contribution in [3.8, 4) is 11.5 Å². The van der Waals surface area contributed by atoms with E-state index in [-0.39, 0.29) is 11.7 Å². The second-order valence-corrected chi connectivity index (χ2v) is 6.51. The number of hydrogen-bond donors (Lipinski definition) is 2. The lowest BCUT2D eigenvalue weighted by atomic mass is 9.89. The highest BCUT2D eigenvalue weighted by Gasteiger charge is 2.22. The van der Waals surface area contributed by atoms with E-state index in [2.05, 4.69) is 15.3 Å². The van der Waals surface area contributed by atoms with E-state index < -0.39 is 16.4 Å². The Labute approximate surface area is 154 Å². The third kappa shape index (κ3) is 3.59. The highest BCUT2D eigenvalue weighted by atomic mass is 32.1. The van der Waals surface area contributed by atoms with Crippen molar-refractivity contribution in [2.45, 2.75) is 38.0 Å². The predicted octanol–water partition coefficient (Wildman–Crippen LogP) is 3.49. The van der Waals surface area contributed by atoms with E-state index in [1.165, 1.54) is 31.9 Å². The molecular formula is C16H19N5O4S. The summed E-state index contributed by atoms with van der Waals surface area (Å²) in [6.45, 7) is 0. The lowest BCUT2D eigenvalue weighted by Gasteiger charge is -2.19. The van der Waals surface area contributed by atoms with Gasteiger partial charge in [0.25, 0.3) is 0 Å². The van der Waals surface area contributed by atoms with Gasteiger partial charge in [-0.1, -0.05) is 19.3 Å². The number of nitrogens with one attached hydrogen (secondary N) is 1. The molecule has 26 heavy (non-hydrogen) atoms. The number of nitro groups is 1. The van der Waals surface area contributed by atoms with Crippen molar-refractivity contribution < 1.29 is 14.8 Å². The Hall–Kier alpha value is -2.75. The van der Waals surface area contributed by atoms with Gasteiger partial charge in [-0.2, -0.15) is 14.9 Å². The number of aromatic amines is 1. The van der Waals surface area contributed by atoms with Crippen LogP contribution in [0.4, 0.5) is 5.69 Å². The summed E-state index contributed by atoms with van der Waals surface area (Å²) in [6.07, 6.45) is 7.03. The van der Waals surface area contributed by atoms with E-state index in [0.29, 0.717) is 10.3 Å². The minimum Gasteiger partial charge on any atom is -0.500 e. The van der Waals surface area contributed by atoms with Gasteiger partial charge in [0.2, 0.25) is 10.5 Å². The molecule has 0 unspecified atom stereocenters. The van der Waals surface area contributed by atoms with E-state index in [4.69, 9.17) is 17.0 Å². The van der Waals surface area contributed by atoms with Gasteiger partial charge in [-0.3, -0.25) is 15.2 Å². The first-order chi connectivity index (χ1) is 12.5. The molecule has 1 aromatic carbocycles. The molecule has 0 saturated heterocycles. The predicted molar refractivity (Wildman–Crippen MR) is 97.5 cm³/mol. The molecule has 2 N–H and O–H groups in total. The summed E-state index contributed by atoms with van der Waals surface area (Å²) in [5, 5.41) is 32.4. The summed E-state index contributed by atoms with van der Waals surface area (Å²) in [4.78, 5) is 10.4. The van der Waals surface area contributed by atoms with E-state index in [0.717, 1.165) is 31.5 Å². The van der Waals surface area contributed by atoms with Gasteiger partial charge in [0.1, 0.15) is 0 Å². The summed E-state index contributed by atoms with van der Waals surface area (Å²) < 4.78 is 6.91. The molecule has 1 aromatic heterocycles. The Morgan fingerprint density at radius 3 is 2.85 bits per heavy atom. The monoisotopic (exact) mass is 377 g/mol. The molecule has 3 rings (SSSR count). The third-order valence-corrected chi connectivity index (χ3v) is 4.73. The van der Waals surface area contributed by atoms with Crippen LogP contribution in [0.2, 0.25) is 0 Å². The average molecular weight is 377 g/mol. The third-order valence-electron chi connectivity index (χ3n) is 4.46. The van der Waals surface area contributed by atoms with Crippen LogP contribution in [0, 0.1) is 14.9 Å². The number of hydrogen-bond acceptors (Lipinski definition) is 7. The van der Waals surface area contributed by atoms with Crippen LogP contribution in [0.25, 0.3) is 0 Å². The molecule has 0 amide bonds. The molecule has 10 heteroatoms. The van der Waals surface area contributed by atoms with Crippen molar-refractivity contribution in [1.82, 2.24) is 14.9 Å². The van der Waals surface area contributed by atoms with E-state index in [1.807, 2.05) is 0 Å². The van der Waals surface area contributed by atoms with E-state index in [9.17, 15) is 15.2 Å². The molecule has 1 heterocycles. The summed E-state index contributed by atoms with van der Waals surface area (Å²) in [5.74, 6) is 0.546. The normalized spacial score (nSPS) is 15.4. The van der Waals surface area contributed by atoms with Gasteiger partial charge in [-0.05, 0) is 31.1 Å². The van der Waals surface area contributed by atoms with E-state index >= 15 is 0 Å². The van der Waals surface area contributed by atoms with Crippen LogP contribution in [0.15, 0.2) is 17.2 Å². The first-order valence-electron chi connectivity index (χ1n) is 8.28. The standard InChI is InChI=1S/C16H19N5O4S/c1-25-13-8-10(7-12(14(13)22)21(23)24)9-17-20-15(18-19-16(20)26)11-5-3-2-4-6-11/h7-9,11,22H,2-6H2,1H3,(H,19,26)/b17-9-. The maximum atomic E-state index is 11.1. The molecule has 1 aliphatic rings. The number of phenolic OH excluding ortho intramolecular Hbond substituents is 1. The van der Waals surface area contributed by atoms with Gasteiger partial charge in [0.05, 0.1) is 18.2 Å². The van der Waals surface area contributed by atoms with Gasteiger partial charge >= 0.3 is 5.69 Å². The summed E-state index contributed by atoms with van der Waals surface area (Å²) in [7, 11) is 1.33. The zero-order valence-corrected chi connectivity index (χ0v) is 15.0. The van der Waals surface area contributed by atoms with Gasteiger partial charge in [-0.15, -0.1) is 0 Å². The Morgan fingerprint density at radius 2 is 2.19 bits per heavy atom. The smallest absolute Gasteiger partial charge is 0.315 e. The molecule has 0 bridgehead atoms. The number of benzene rings is 1. The molecule has 1 saturated carbocycles. The molecule has 1 fully saturated rings. The van der Waals surface area contributed by atoms with Gasteiger partial charge in [0, 0.05) is 17.5 Å². The topological polar surface area (TPSA) is 119 Å². The van der Waals surface area contributed by atoms with Gasteiger partial charge in [0.15, 0.2) is 11.6 Å². The highest BCUT2D eigenvalue weighted by molar-refractivity contribution is 7.71. The lowest BCUT2D eigenvalue weighted by molar-refractivity contribution is -0.386. The zero-order chi connectivity index (χ0) is 18.7. The molecule has 0 aliphatic heterocycles. The fourth-order valence-electron chi connectivity index (χ4n) is 3.15. The quantitative estimate of drug-likeness (QED) is 0.356. The molecule has 0 spiro atoms. The van der Waals surface area contributed by atoms with Crippen molar-refractivity contribution in [3.05, 3.63) is 38.4 Å². The fraction of sp³-hybridized carbons (Fsp3) is 0.438. The average Bonchev–Trinajstić information content (AvgIpc) is 3.02. The van der Waals surface area contributed by atoms with Crippen molar-refractivity contribution in [2.75, 3.05) is 7.11 Å². The number of nitrogens with zero attached hydrogens (tertiary/aromatic N) is 4. The molecule has 0 atom stereocenters. The second kappa shape index (κ2) is 7.65. The lowest BCUT2D eigenvalue weighted by Crippen LogP contribution is -2.10. The number of aromatic hydroxyl groups is 1. The summed E-state index contributed by atoms with van der Waals surface area (Å²) >= 11 is 5.25. The Bertz CT molecular complexity index is 899. The Morgan fingerprint density at radius 1 is 1.46 bits per heavy atom. The Balaban J connectivity index is 1.96. The first-order valence-corrected chi connectivity index (χ1v) is 8.69. The van der Waals surface area contributed by atoms with E-state index in [1.54, 1.807) is 4.68 Å². The number of phenols is 1. The van der Waals surface area contributed by atoms with Crippen molar-refractivity contribution in [1.29, 1.82) is 0 Å². The van der Waals surface area contributed by atoms with Crippen LogP contribution < -0.4 is 4.74 Å². The van der Waals surface area contributed by atoms with Crippen molar-refractivity contribution in [2.24, 2.45) is 5.10 Å². The van der Waals surface area contributed by atoms with Crippen molar-refractivity contribution in [3.63, 3.8) is 0 Å². The molecular weight excluding hydrogens is 358 g/mol. The SMILES string of the molecule is COc1cc(/C=N\n2c(C3CCCCC3)n[nH]c2=S)cc([N+](=O)[O-])c1O. The van der Waals surface area contributed by atoms with Crippen LogP contribution in [-0.2, 0) is 0 Å². The summed E-state index contributed by atoms with van der Waals surface area (Å²) in [5.41, 5.74) is -0.0434. The fourth-order valence-corrected chi connectivity index (χ4v) is 3.33. The zero-order valence-electron chi connectivity index (χ0n) is 14.2. The minimum atomic E-state index is -0.674. The van der Waals surface area contributed by atoms with Crippen LogP contribution in [-0.4, -0.2) is 38.2 Å². The van der Waals surface area contributed by atoms with Crippen LogP contribution in [0.3, 0.4) is 0 Å². The van der Waals surface area contributed by atoms with Crippen LogP contribution in [0.1, 0.15) is 49.4 Å². The number of rotatable bonds is 5. The van der Waals surface area contributed by atoms with Gasteiger partial charge < -0.3 is 9.84 Å². The number of methoxy groups -OCH3 is 1. The second-order valence-electron chi connectivity index (χ2n) is 6.13. The minimum absolute atomic E-state index is 0.00365. The molecule has 0 radical (unpaired) electrons. The molecule has 2 aromatic rings. The number of aromatic nitrogens is 3. The maximum Gasteiger partial charge on any atom is 0.315 e. The first kappa shape index (κ1) is 18.1. The largest absolute Gasteiger partial charge is 0.500 e. The highest BCUT2D eigenvalue weighted by Crippen LogP contribution is 2.36. The summed E-state index contributed by atoms with van der Waals surface area (Å²) in [6, 6.07) is 2.70. The van der Waals surface area contributed by atoms with Gasteiger partial charge in [-0.25, -0.2) is 0 Å². The number of ether oxygens (including phenoxy) is 1. The number of nitro benzene ring substituents is 1. The Kier molecular flexibility index (Phi) is 5.31. The van der Waals surface area contributed by atoms with Crippen LogP contribution >= 0.6 is 12.2 Å². The molecule has 9 nitrogen and oxygen atoms in total. The van der Waals surface area contributed by atoms with Crippen LogP contribution in [0.5, 0.6) is 11.5 Å². The maximum absolute atomic E-state index is 11.1. The molecule has 138 valence electrons.